The fourth-order valence-corrected chi connectivity index (χ4v) is 2.54. The van der Waals surface area contributed by atoms with Gasteiger partial charge in [-0.2, -0.15) is 0 Å². The van der Waals surface area contributed by atoms with E-state index in [0.717, 1.165) is 18.7 Å². The fraction of sp³-hybridized carbons (Fsp3) is 0.562. The molecule has 0 bridgehead atoms. The van der Waals surface area contributed by atoms with Gasteiger partial charge in [0.2, 0.25) is 0 Å². The molecule has 1 aliphatic rings. The summed E-state index contributed by atoms with van der Waals surface area (Å²) in [5.74, 6) is 0. The molecule has 0 radical (unpaired) electrons. The van der Waals surface area contributed by atoms with E-state index in [-0.39, 0.29) is 19.3 Å². The predicted molar refractivity (Wildman–Crippen MR) is 80.9 cm³/mol. The molecule has 1 heterocycles. The zero-order chi connectivity index (χ0) is 15.1. The fourth-order valence-electron chi connectivity index (χ4n) is 2.54. The third-order valence-electron chi connectivity index (χ3n) is 3.92. The largest absolute Gasteiger partial charge is 0.445 e. The van der Waals surface area contributed by atoms with E-state index >= 15 is 0 Å². The number of nitrogens with zero attached hydrogens (tertiary/aromatic N) is 2. The van der Waals surface area contributed by atoms with Gasteiger partial charge < -0.3 is 19.6 Å². The molecule has 1 fully saturated rings. The minimum Gasteiger partial charge on any atom is -0.445 e. The number of benzene rings is 1. The summed E-state index contributed by atoms with van der Waals surface area (Å²) in [6, 6.07) is 9.37. The molecule has 0 aromatic heterocycles. The summed E-state index contributed by atoms with van der Waals surface area (Å²) in [5, 5.41) is 9.51. The Kier molecular flexibility index (Phi) is 6.02. The first-order chi connectivity index (χ1) is 10.2. The van der Waals surface area contributed by atoms with Crippen molar-refractivity contribution >= 4 is 6.09 Å². The molecule has 5 nitrogen and oxygen atoms in total. The van der Waals surface area contributed by atoms with E-state index in [9.17, 15) is 9.90 Å². The van der Waals surface area contributed by atoms with E-state index < -0.39 is 6.09 Å². The van der Waals surface area contributed by atoms with Crippen LogP contribution in [0.1, 0.15) is 18.4 Å². The molecular weight excluding hydrogens is 268 g/mol. The van der Waals surface area contributed by atoms with Gasteiger partial charge in [-0.05, 0) is 31.5 Å². The second kappa shape index (κ2) is 8.00. The maximum absolute atomic E-state index is 12.1. The Bertz CT molecular complexity index is 432. The Morgan fingerprint density at radius 2 is 2.00 bits per heavy atom. The van der Waals surface area contributed by atoms with Crippen LogP contribution < -0.4 is 0 Å². The average molecular weight is 292 g/mol. The van der Waals surface area contributed by atoms with Crippen molar-refractivity contribution in [1.29, 1.82) is 0 Å². The maximum Gasteiger partial charge on any atom is 0.410 e. The van der Waals surface area contributed by atoms with Crippen molar-refractivity contribution in [2.24, 2.45) is 0 Å². The number of hydrogen-bond donors (Lipinski definition) is 1. The van der Waals surface area contributed by atoms with E-state index in [1.165, 1.54) is 17.7 Å². The number of carbonyl (C=O) groups is 1. The number of aliphatic hydroxyl groups excluding tert-OH is 1. The van der Waals surface area contributed by atoms with Crippen LogP contribution in [-0.4, -0.2) is 60.3 Å². The molecule has 0 spiro atoms. The highest BCUT2D eigenvalue weighted by Crippen LogP contribution is 2.11. The van der Waals surface area contributed by atoms with Crippen LogP contribution in [0.25, 0.3) is 0 Å². The number of amides is 1. The lowest BCUT2D eigenvalue weighted by molar-refractivity contribution is 0.0660. The quantitative estimate of drug-likeness (QED) is 0.867. The molecule has 1 aromatic rings. The van der Waals surface area contributed by atoms with Gasteiger partial charge in [-0.25, -0.2) is 4.79 Å². The number of hydrogen-bond acceptors (Lipinski definition) is 4. The molecule has 2 rings (SSSR count). The summed E-state index contributed by atoms with van der Waals surface area (Å²) < 4.78 is 5.29. The van der Waals surface area contributed by atoms with Crippen LogP contribution in [0, 0.1) is 0 Å². The number of ether oxygens (including phenoxy) is 1. The number of carbonyl (C=O) groups excluding carboxylic acids is 1. The van der Waals surface area contributed by atoms with Gasteiger partial charge in [0.05, 0.1) is 12.6 Å². The van der Waals surface area contributed by atoms with Gasteiger partial charge >= 0.3 is 6.09 Å². The van der Waals surface area contributed by atoms with E-state index in [1.54, 1.807) is 7.05 Å². The summed E-state index contributed by atoms with van der Waals surface area (Å²) in [5.41, 5.74) is 0.958. The third kappa shape index (κ3) is 4.72. The summed E-state index contributed by atoms with van der Waals surface area (Å²) >= 11 is 0. The zero-order valence-corrected chi connectivity index (χ0v) is 12.6. The molecule has 0 aliphatic carbocycles. The van der Waals surface area contributed by atoms with Crippen LogP contribution in [0.2, 0.25) is 0 Å². The van der Waals surface area contributed by atoms with Gasteiger partial charge in [0.15, 0.2) is 0 Å². The molecule has 1 N–H and O–H groups in total. The van der Waals surface area contributed by atoms with Crippen molar-refractivity contribution in [1.82, 2.24) is 9.80 Å². The first-order valence-corrected chi connectivity index (χ1v) is 7.47. The lowest BCUT2D eigenvalue weighted by Gasteiger charge is -2.29. The van der Waals surface area contributed by atoms with Crippen LogP contribution in [-0.2, 0) is 11.3 Å². The van der Waals surface area contributed by atoms with Crippen molar-refractivity contribution in [3.8, 4) is 0 Å². The Hall–Kier alpha value is -1.59. The lowest BCUT2D eigenvalue weighted by atomic mass is 10.2. The lowest BCUT2D eigenvalue weighted by Crippen LogP contribution is -2.46. The first-order valence-electron chi connectivity index (χ1n) is 7.47. The molecule has 116 valence electrons. The highest BCUT2D eigenvalue weighted by atomic mass is 16.6. The van der Waals surface area contributed by atoms with Crippen LogP contribution in [0.5, 0.6) is 0 Å². The van der Waals surface area contributed by atoms with Crippen molar-refractivity contribution in [3.63, 3.8) is 0 Å². The molecule has 1 saturated heterocycles. The van der Waals surface area contributed by atoms with Crippen molar-refractivity contribution < 1.29 is 14.6 Å². The number of likely N-dealkylation sites (N-methyl/N-ethyl adjacent to an activating group) is 1. The molecular formula is C16H24N2O3. The van der Waals surface area contributed by atoms with Crippen molar-refractivity contribution in [3.05, 3.63) is 35.9 Å². The standard InChI is InChI=1S/C16H24N2O3/c1-17(15(12-19)11-18-9-5-6-10-18)16(20)21-13-14-7-3-2-4-8-14/h2-4,7-8,15,19H,5-6,9-13H2,1H3. The van der Waals surface area contributed by atoms with E-state index in [2.05, 4.69) is 4.90 Å². The Morgan fingerprint density at radius 3 is 2.62 bits per heavy atom. The number of likely N-dealkylation sites (tertiary alicyclic amines) is 1. The minimum absolute atomic E-state index is 0.0482. The third-order valence-corrected chi connectivity index (χ3v) is 3.92. The smallest absolute Gasteiger partial charge is 0.410 e. The van der Waals surface area contributed by atoms with Gasteiger partial charge in [0, 0.05) is 13.6 Å². The highest BCUT2D eigenvalue weighted by Gasteiger charge is 2.24. The van der Waals surface area contributed by atoms with E-state index in [1.807, 2.05) is 30.3 Å². The van der Waals surface area contributed by atoms with Gasteiger partial charge in [-0.3, -0.25) is 0 Å². The number of rotatable bonds is 6. The van der Waals surface area contributed by atoms with Crippen LogP contribution in [0.15, 0.2) is 30.3 Å². The second-order valence-electron chi connectivity index (χ2n) is 5.50. The molecule has 1 amide bonds. The molecule has 1 atom stereocenters. The Morgan fingerprint density at radius 1 is 1.33 bits per heavy atom. The van der Waals surface area contributed by atoms with Gasteiger partial charge in [0.1, 0.15) is 6.61 Å². The molecule has 1 aliphatic heterocycles. The summed E-state index contributed by atoms with van der Waals surface area (Å²) in [6.07, 6.45) is 2.00. The normalized spacial score (nSPS) is 16.7. The first kappa shape index (κ1) is 15.8. The SMILES string of the molecule is CN(C(=O)OCc1ccccc1)C(CO)CN1CCCC1. The van der Waals surface area contributed by atoms with Crippen molar-refractivity contribution in [2.45, 2.75) is 25.5 Å². The van der Waals surface area contributed by atoms with Gasteiger partial charge in [-0.1, -0.05) is 30.3 Å². The summed E-state index contributed by atoms with van der Waals surface area (Å²) in [6.45, 7) is 3.00. The molecule has 0 saturated carbocycles. The predicted octanol–water partition coefficient (Wildman–Crippen LogP) is 1.71. The molecule has 1 aromatic carbocycles. The van der Waals surface area contributed by atoms with E-state index in [0.29, 0.717) is 6.54 Å². The monoisotopic (exact) mass is 292 g/mol. The van der Waals surface area contributed by atoms with E-state index in [4.69, 9.17) is 4.74 Å². The molecule has 1 unspecified atom stereocenters. The molecule has 21 heavy (non-hydrogen) atoms. The second-order valence-corrected chi connectivity index (χ2v) is 5.50. The topological polar surface area (TPSA) is 53.0 Å². The Labute approximate surface area is 126 Å². The molecule has 5 heteroatoms. The maximum atomic E-state index is 12.1. The zero-order valence-electron chi connectivity index (χ0n) is 12.6. The average Bonchev–Trinajstić information content (AvgIpc) is 3.03. The van der Waals surface area contributed by atoms with Gasteiger partial charge in [0.25, 0.3) is 0 Å². The van der Waals surface area contributed by atoms with Crippen LogP contribution in [0.4, 0.5) is 4.79 Å². The van der Waals surface area contributed by atoms with Crippen molar-refractivity contribution in [2.75, 3.05) is 33.3 Å². The number of aliphatic hydroxyl groups is 1. The van der Waals surface area contributed by atoms with Crippen LogP contribution >= 0.6 is 0 Å². The summed E-state index contributed by atoms with van der Waals surface area (Å²) in [4.78, 5) is 15.8. The minimum atomic E-state index is -0.392. The van der Waals surface area contributed by atoms with Crippen LogP contribution in [0.3, 0.4) is 0 Å². The highest BCUT2D eigenvalue weighted by molar-refractivity contribution is 5.67. The Balaban J connectivity index is 1.81. The van der Waals surface area contributed by atoms with Gasteiger partial charge in [-0.15, -0.1) is 0 Å². The summed E-state index contributed by atoms with van der Waals surface area (Å²) in [7, 11) is 1.68.